The summed E-state index contributed by atoms with van der Waals surface area (Å²) in [6.45, 7) is 3.84. The number of anilines is 1. The molecule has 0 aliphatic heterocycles. The minimum Gasteiger partial charge on any atom is -0.480 e. The van der Waals surface area contributed by atoms with Crippen molar-refractivity contribution < 1.29 is 35.7 Å². The molecule has 43 heavy (non-hydrogen) atoms. The van der Waals surface area contributed by atoms with Crippen LogP contribution in [-0.4, -0.2) is 59.6 Å². The molecule has 2 unspecified atom stereocenters. The van der Waals surface area contributed by atoms with Crippen LogP contribution in [0, 0.1) is 16.7 Å². The van der Waals surface area contributed by atoms with Crippen molar-refractivity contribution in [3.8, 4) is 5.75 Å². The Morgan fingerprint density at radius 2 is 1.67 bits per heavy atom. The normalized spacial score (nSPS) is 22.0. The monoisotopic (exact) mass is 628 g/mol. The molecule has 230 valence electrons. The maximum absolute atomic E-state index is 13.3. The molecule has 0 aromatic heterocycles. The Morgan fingerprint density at radius 3 is 2.26 bits per heavy atom. The van der Waals surface area contributed by atoms with Crippen LogP contribution in [0.15, 0.2) is 65.6 Å². The average Bonchev–Trinajstić information content (AvgIpc) is 3.26. The molecule has 0 spiro atoms. The Bertz CT molecular complexity index is 1800. The van der Waals surface area contributed by atoms with E-state index in [9.17, 15) is 31.5 Å². The molecule has 3 aromatic carbocycles. The van der Waals surface area contributed by atoms with E-state index in [1.807, 2.05) is 45.0 Å². The van der Waals surface area contributed by atoms with Gasteiger partial charge in [-0.25, -0.2) is 13.1 Å². The lowest BCUT2D eigenvalue weighted by molar-refractivity contribution is -0.139. The highest BCUT2D eigenvalue weighted by Crippen LogP contribution is 2.64. The molecule has 2 aliphatic carbocycles. The summed E-state index contributed by atoms with van der Waals surface area (Å²) in [6, 6.07) is 14.7. The van der Waals surface area contributed by atoms with Crippen LogP contribution in [-0.2, 0) is 36.2 Å². The molecule has 0 saturated heterocycles. The quantitative estimate of drug-likeness (QED) is 0.301. The fourth-order valence-electron chi connectivity index (χ4n) is 6.88. The van der Waals surface area contributed by atoms with E-state index in [0.29, 0.717) is 23.8 Å². The summed E-state index contributed by atoms with van der Waals surface area (Å²) in [7, 11) is -4.52. The van der Waals surface area contributed by atoms with Crippen LogP contribution in [0.25, 0.3) is 10.8 Å². The van der Waals surface area contributed by atoms with Gasteiger partial charge in [0, 0.05) is 42.9 Å². The number of benzene rings is 3. The fourth-order valence-corrected chi connectivity index (χ4v) is 10.1. The minimum atomic E-state index is -4.21. The summed E-state index contributed by atoms with van der Waals surface area (Å²) < 4.78 is 60.6. The number of Topliss-reactive ketones (excluding diaryl/α,β-unsaturated/α-hetero) is 1. The number of sulfonamides is 1. The van der Waals surface area contributed by atoms with Gasteiger partial charge in [-0.3, -0.25) is 9.59 Å². The van der Waals surface area contributed by atoms with Gasteiger partial charge < -0.3 is 14.2 Å². The van der Waals surface area contributed by atoms with Crippen molar-refractivity contribution in [1.82, 2.24) is 4.72 Å². The predicted molar refractivity (Wildman–Crippen MR) is 163 cm³/mol. The molecule has 2 fully saturated rings. The van der Waals surface area contributed by atoms with E-state index in [-0.39, 0.29) is 40.9 Å². The Kier molecular flexibility index (Phi) is 7.85. The van der Waals surface area contributed by atoms with Crippen LogP contribution in [0.2, 0.25) is 0 Å². The number of carboxylic acid groups (broad SMARTS) is 1. The molecule has 2 aliphatic rings. The number of nitrogens with one attached hydrogen (secondary N) is 1. The number of nitrogens with zero attached hydrogens (tertiary/aromatic N) is 1. The summed E-state index contributed by atoms with van der Waals surface area (Å²) in [5.41, 5.74) is 0.131. The summed E-state index contributed by atoms with van der Waals surface area (Å²) in [6.07, 6.45) is 1.26. The highest BCUT2D eigenvalue weighted by Gasteiger charge is 2.64. The standard InChI is InChI=1S/C31H36N2O8S2/c1-30(2)24-15-16-31(30,18-27(24)34)19-42(37,38)32-25(29(35)36)17-20-11-13-21(14-12-20)41-43(39,40)28-10-6-7-22-23(28)8-5-9-26(22)33(3)4/h5-14,24-25,32H,15-19H2,1-4H3,(H,35,36)/t24?,25-,31?/m0/s1. The Labute approximate surface area is 252 Å². The first kappa shape index (κ1) is 31.0. The van der Waals surface area contributed by atoms with E-state index in [2.05, 4.69) is 4.72 Å². The summed E-state index contributed by atoms with van der Waals surface area (Å²) in [5, 5.41) is 11.1. The number of carboxylic acids is 1. The van der Waals surface area contributed by atoms with Crippen LogP contribution >= 0.6 is 0 Å². The largest absolute Gasteiger partial charge is 0.480 e. The third-order valence-corrected chi connectivity index (χ3v) is 12.2. The number of rotatable bonds is 11. The van der Waals surface area contributed by atoms with Crippen molar-refractivity contribution in [2.75, 3.05) is 24.7 Å². The molecule has 2 N–H and O–H groups in total. The molecular weight excluding hydrogens is 592 g/mol. The number of ketones is 1. The molecule has 12 heteroatoms. The van der Waals surface area contributed by atoms with E-state index in [4.69, 9.17) is 4.18 Å². The predicted octanol–water partition coefficient (Wildman–Crippen LogP) is 3.98. The van der Waals surface area contributed by atoms with Crippen LogP contribution in [0.5, 0.6) is 5.75 Å². The number of carbonyl (C=O) groups is 2. The number of hydrogen-bond donors (Lipinski definition) is 2. The van der Waals surface area contributed by atoms with Gasteiger partial charge in [-0.05, 0) is 59.9 Å². The van der Waals surface area contributed by atoms with E-state index >= 15 is 0 Å². The molecule has 10 nitrogen and oxygen atoms in total. The van der Waals surface area contributed by atoms with Gasteiger partial charge >= 0.3 is 16.1 Å². The third kappa shape index (κ3) is 5.75. The highest BCUT2D eigenvalue weighted by molar-refractivity contribution is 7.89. The van der Waals surface area contributed by atoms with E-state index in [0.717, 1.165) is 11.1 Å². The Hall–Kier alpha value is -3.48. The zero-order valence-electron chi connectivity index (χ0n) is 24.5. The van der Waals surface area contributed by atoms with Crippen LogP contribution in [0.1, 0.15) is 38.7 Å². The first-order valence-electron chi connectivity index (χ1n) is 14.0. The fraction of sp³-hybridized carbons (Fsp3) is 0.419. The van der Waals surface area contributed by atoms with Crippen molar-refractivity contribution in [1.29, 1.82) is 0 Å². The Balaban J connectivity index is 1.30. The van der Waals surface area contributed by atoms with Crippen molar-refractivity contribution in [2.45, 2.75) is 50.5 Å². The molecule has 0 heterocycles. The van der Waals surface area contributed by atoms with Gasteiger partial charge in [0.05, 0.1) is 5.75 Å². The topological polar surface area (TPSA) is 147 Å². The van der Waals surface area contributed by atoms with Gasteiger partial charge in [0.1, 0.15) is 22.5 Å². The first-order chi connectivity index (χ1) is 20.1. The second-order valence-corrected chi connectivity index (χ2v) is 15.7. The Morgan fingerprint density at radius 1 is 1.02 bits per heavy atom. The average molecular weight is 629 g/mol. The van der Waals surface area contributed by atoms with Crippen molar-refractivity contribution in [2.24, 2.45) is 16.7 Å². The summed E-state index contributed by atoms with van der Waals surface area (Å²) in [5.74, 6) is -1.72. The van der Waals surface area contributed by atoms with Gasteiger partial charge in [0.2, 0.25) is 10.0 Å². The zero-order chi connectivity index (χ0) is 31.4. The second-order valence-electron chi connectivity index (χ2n) is 12.4. The van der Waals surface area contributed by atoms with Gasteiger partial charge in [-0.2, -0.15) is 8.42 Å². The highest BCUT2D eigenvalue weighted by atomic mass is 32.2. The first-order valence-corrected chi connectivity index (χ1v) is 17.1. The molecule has 3 atom stereocenters. The number of hydrogen-bond acceptors (Lipinski definition) is 8. The summed E-state index contributed by atoms with van der Waals surface area (Å²) in [4.78, 5) is 26.4. The van der Waals surface area contributed by atoms with Gasteiger partial charge in [-0.15, -0.1) is 0 Å². The minimum absolute atomic E-state index is 0.0123. The zero-order valence-corrected chi connectivity index (χ0v) is 26.2. The molecule has 5 rings (SSSR count). The lowest BCUT2D eigenvalue weighted by atomic mass is 9.71. The SMILES string of the molecule is CN(C)c1cccc2c(S(=O)(=O)Oc3ccc(C[C@H](NS(=O)(=O)CC45CCC(C(=O)C4)C5(C)C)C(=O)O)cc3)cccc12. The maximum Gasteiger partial charge on any atom is 0.339 e. The molecule has 3 aromatic rings. The number of carbonyl (C=O) groups excluding carboxylic acids is 1. The molecule has 0 radical (unpaired) electrons. The van der Waals surface area contributed by atoms with Crippen LogP contribution in [0.4, 0.5) is 5.69 Å². The van der Waals surface area contributed by atoms with E-state index < -0.39 is 43.0 Å². The molecule has 2 saturated carbocycles. The van der Waals surface area contributed by atoms with Crippen molar-refractivity contribution in [3.63, 3.8) is 0 Å². The van der Waals surface area contributed by atoms with Crippen LogP contribution in [0.3, 0.4) is 0 Å². The lowest BCUT2D eigenvalue weighted by Gasteiger charge is -2.37. The maximum atomic E-state index is 13.3. The number of aliphatic carboxylic acids is 1. The molecule has 2 bridgehead atoms. The van der Waals surface area contributed by atoms with Crippen LogP contribution < -0.4 is 13.8 Å². The number of fused-ring (bicyclic) bond motifs is 3. The lowest BCUT2D eigenvalue weighted by Crippen LogP contribution is -2.47. The van der Waals surface area contributed by atoms with Crippen molar-refractivity contribution >= 4 is 48.4 Å². The summed E-state index contributed by atoms with van der Waals surface area (Å²) >= 11 is 0. The smallest absolute Gasteiger partial charge is 0.339 e. The molecule has 0 amide bonds. The third-order valence-electron chi connectivity index (χ3n) is 9.32. The van der Waals surface area contributed by atoms with Gasteiger partial charge in [0.15, 0.2) is 0 Å². The van der Waals surface area contributed by atoms with Gasteiger partial charge in [0.25, 0.3) is 0 Å². The second kappa shape index (κ2) is 10.9. The van der Waals surface area contributed by atoms with Crippen molar-refractivity contribution in [3.05, 3.63) is 66.2 Å². The van der Waals surface area contributed by atoms with Gasteiger partial charge in [-0.1, -0.05) is 50.2 Å². The molecular formula is C31H36N2O8S2. The van der Waals surface area contributed by atoms with E-state index in [1.54, 1.807) is 18.2 Å². The van der Waals surface area contributed by atoms with E-state index in [1.165, 1.54) is 30.3 Å².